The Morgan fingerprint density at radius 3 is 1.65 bits per heavy atom. The van der Waals surface area contributed by atoms with Crippen LogP contribution in [0.1, 0.15) is 32.1 Å². The highest BCUT2D eigenvalue weighted by atomic mass is 16.4. The minimum Gasteiger partial charge on any atom is -0.507 e. The van der Waals surface area contributed by atoms with Gasteiger partial charge in [-0.1, -0.05) is 54.6 Å². The summed E-state index contributed by atoms with van der Waals surface area (Å²) in [7, 11) is 0. The van der Waals surface area contributed by atoms with Crippen molar-refractivity contribution >= 4 is 89.5 Å². The lowest BCUT2D eigenvalue weighted by Gasteiger charge is -2.08. The molecule has 0 atom stereocenters. The number of aromatic hydroxyl groups is 2. The number of carboxylic acids is 2. The molecule has 1 aliphatic heterocycles. The second-order valence-corrected chi connectivity index (χ2v) is 12.3. The molecular formula is C41H24N4O6. The predicted molar refractivity (Wildman–Crippen MR) is 197 cm³/mol. The normalized spacial score (nSPS) is 11.9. The van der Waals surface area contributed by atoms with Gasteiger partial charge in [-0.3, -0.25) is 0 Å². The molecule has 0 amide bonds. The summed E-state index contributed by atoms with van der Waals surface area (Å²) in [5, 5.41) is 46.1. The molecule has 244 valence electrons. The Kier molecular flexibility index (Phi) is 6.49. The standard InChI is InChI=1S/C41H24N4O6/c46-38-25-16-23(40(48)49)18-27(38)31-10-8-21-6-7-22-9-11-32(45-37(22)36(21)44-31)28-19-24(41(50)51)17-26(39(28)47)30-13-15-34(43-30)35(20-4-2-1-3-5-20)33-14-12-29(25)42-33/h1-19,42,46-47H,(H,48,49)(H,50,51). The lowest BCUT2D eigenvalue weighted by Crippen LogP contribution is -1.97. The molecule has 5 N–H and O–H groups in total. The van der Waals surface area contributed by atoms with E-state index in [-0.39, 0.29) is 44.2 Å². The van der Waals surface area contributed by atoms with Gasteiger partial charge in [0.05, 0.1) is 44.6 Å². The van der Waals surface area contributed by atoms with Crippen molar-refractivity contribution < 1.29 is 30.0 Å². The number of nitrogens with zero attached hydrogens (tertiary/aromatic N) is 3. The number of pyridine rings is 2. The van der Waals surface area contributed by atoms with E-state index in [2.05, 4.69) is 4.98 Å². The Morgan fingerprint density at radius 1 is 0.529 bits per heavy atom. The van der Waals surface area contributed by atoms with Gasteiger partial charge in [0.15, 0.2) is 0 Å². The number of aromatic amines is 1. The van der Waals surface area contributed by atoms with Gasteiger partial charge in [-0.05, 0) is 66.2 Å². The predicted octanol–water partition coefficient (Wildman–Crippen LogP) is 8.76. The number of fused-ring (bicyclic) bond motifs is 14. The molecule has 1 aliphatic rings. The summed E-state index contributed by atoms with van der Waals surface area (Å²) in [5.74, 6) is -2.71. The number of H-pyrrole nitrogens is 1. The number of benzene rings is 4. The van der Waals surface area contributed by atoms with Gasteiger partial charge in [0, 0.05) is 48.9 Å². The van der Waals surface area contributed by atoms with E-state index in [4.69, 9.17) is 15.0 Å². The van der Waals surface area contributed by atoms with E-state index in [0.29, 0.717) is 50.1 Å². The molecule has 5 heterocycles. The fourth-order valence-electron chi connectivity index (χ4n) is 6.77. The molecule has 0 spiro atoms. The Labute approximate surface area is 287 Å². The summed E-state index contributed by atoms with van der Waals surface area (Å²) in [5.41, 5.74) is 4.90. The largest absolute Gasteiger partial charge is 0.507 e. The quantitative estimate of drug-likeness (QED) is 0.116. The van der Waals surface area contributed by atoms with Crippen LogP contribution in [0.15, 0.2) is 103 Å². The van der Waals surface area contributed by atoms with Gasteiger partial charge in [0.1, 0.15) is 11.5 Å². The molecule has 0 aliphatic carbocycles. The van der Waals surface area contributed by atoms with Crippen LogP contribution in [0.25, 0.3) is 88.7 Å². The van der Waals surface area contributed by atoms with Crippen LogP contribution in [-0.2, 0) is 0 Å². The van der Waals surface area contributed by atoms with Crippen molar-refractivity contribution in [3.05, 3.63) is 126 Å². The summed E-state index contributed by atoms with van der Waals surface area (Å²) in [6.07, 6.45) is 3.50. The molecule has 12 bridgehead atoms. The first kappa shape index (κ1) is 29.8. The van der Waals surface area contributed by atoms with Crippen molar-refractivity contribution in [3.63, 3.8) is 0 Å². The maximum Gasteiger partial charge on any atom is 0.335 e. The third-order valence-corrected chi connectivity index (χ3v) is 9.27. The zero-order valence-electron chi connectivity index (χ0n) is 26.4. The van der Waals surface area contributed by atoms with Gasteiger partial charge >= 0.3 is 11.9 Å². The number of hydrogen-bond donors (Lipinski definition) is 5. The van der Waals surface area contributed by atoms with Crippen LogP contribution in [0, 0.1) is 0 Å². The number of phenols is 2. The first-order valence-corrected chi connectivity index (χ1v) is 15.9. The number of phenolic OH excluding ortho intramolecular Hbond substituents is 2. The second kappa shape index (κ2) is 11.1. The Morgan fingerprint density at radius 2 is 1.04 bits per heavy atom. The van der Waals surface area contributed by atoms with Crippen molar-refractivity contribution in [2.75, 3.05) is 0 Å². The average molecular weight is 669 g/mol. The van der Waals surface area contributed by atoms with Crippen molar-refractivity contribution in [1.29, 1.82) is 0 Å². The lowest BCUT2D eigenvalue weighted by molar-refractivity contribution is 0.0686. The Hall–Kier alpha value is -7.33. The van der Waals surface area contributed by atoms with Crippen molar-refractivity contribution in [3.8, 4) is 22.6 Å². The highest BCUT2D eigenvalue weighted by molar-refractivity contribution is 6.10. The van der Waals surface area contributed by atoms with E-state index in [9.17, 15) is 30.0 Å². The third-order valence-electron chi connectivity index (χ3n) is 9.27. The average Bonchev–Trinajstić information content (AvgIpc) is 3.82. The second-order valence-electron chi connectivity index (χ2n) is 12.3. The number of nitrogens with one attached hydrogen (secondary N) is 1. The van der Waals surface area contributed by atoms with Gasteiger partial charge in [0.2, 0.25) is 0 Å². The molecule has 9 rings (SSSR count). The molecule has 0 radical (unpaired) electrons. The van der Waals surface area contributed by atoms with E-state index in [1.165, 1.54) is 24.3 Å². The molecular weight excluding hydrogens is 644 g/mol. The number of carbonyl (C=O) groups is 2. The van der Waals surface area contributed by atoms with Crippen LogP contribution in [0.4, 0.5) is 0 Å². The maximum absolute atomic E-state index is 12.4. The number of aromatic nitrogens is 4. The Bertz CT molecular complexity index is 3010. The SMILES string of the molecule is O=C(O)c1cc2c3nc(c(-c4ccccc4)c4ccc([nH]4)c4cc(C(=O)O)cc(c4O)c4ccc5ccc6ccc(nc6c5n4)c(c1)c2O)C=C3. The van der Waals surface area contributed by atoms with E-state index in [1.807, 2.05) is 60.7 Å². The molecule has 0 unspecified atom stereocenters. The van der Waals surface area contributed by atoms with Crippen LogP contribution in [0.3, 0.4) is 0 Å². The highest BCUT2D eigenvalue weighted by Crippen LogP contribution is 2.38. The molecule has 51 heavy (non-hydrogen) atoms. The summed E-state index contributed by atoms with van der Waals surface area (Å²) in [4.78, 5) is 42.9. The summed E-state index contributed by atoms with van der Waals surface area (Å²) in [6.45, 7) is 0. The third kappa shape index (κ3) is 4.77. The fourth-order valence-corrected chi connectivity index (χ4v) is 6.77. The monoisotopic (exact) mass is 668 g/mol. The number of hydrogen-bond acceptors (Lipinski definition) is 7. The van der Waals surface area contributed by atoms with Crippen molar-refractivity contribution in [2.45, 2.75) is 0 Å². The molecule has 4 aromatic heterocycles. The number of aromatic carboxylic acids is 2. The maximum atomic E-state index is 12.4. The molecule has 10 heteroatoms. The molecule has 0 saturated carbocycles. The smallest absolute Gasteiger partial charge is 0.335 e. The molecule has 0 saturated heterocycles. The summed E-state index contributed by atoms with van der Waals surface area (Å²) < 4.78 is 0. The Balaban J connectivity index is 1.55. The van der Waals surface area contributed by atoms with Gasteiger partial charge in [0.25, 0.3) is 0 Å². The number of carboxylic acid groups (broad SMARTS) is 2. The first-order valence-electron chi connectivity index (χ1n) is 15.9. The van der Waals surface area contributed by atoms with E-state index in [1.54, 1.807) is 30.4 Å². The number of rotatable bonds is 3. The minimum atomic E-state index is -1.18. The van der Waals surface area contributed by atoms with E-state index >= 15 is 0 Å². The molecule has 10 nitrogen and oxygen atoms in total. The molecule has 0 fully saturated rings. The van der Waals surface area contributed by atoms with Crippen molar-refractivity contribution in [2.24, 2.45) is 0 Å². The van der Waals surface area contributed by atoms with Crippen LogP contribution in [-0.4, -0.2) is 52.3 Å². The van der Waals surface area contributed by atoms with E-state index < -0.39 is 11.9 Å². The van der Waals surface area contributed by atoms with Gasteiger partial charge in [-0.2, -0.15) is 0 Å². The van der Waals surface area contributed by atoms with Gasteiger partial charge < -0.3 is 25.4 Å². The lowest BCUT2D eigenvalue weighted by atomic mass is 10.0. The van der Waals surface area contributed by atoms with Crippen LogP contribution in [0.5, 0.6) is 11.5 Å². The highest BCUT2D eigenvalue weighted by Gasteiger charge is 2.18. The van der Waals surface area contributed by atoms with Gasteiger partial charge in [-0.25, -0.2) is 24.5 Å². The van der Waals surface area contributed by atoms with E-state index in [0.717, 1.165) is 16.3 Å². The zero-order valence-corrected chi connectivity index (χ0v) is 26.4. The van der Waals surface area contributed by atoms with Crippen LogP contribution in [0.2, 0.25) is 0 Å². The zero-order chi connectivity index (χ0) is 35.0. The summed E-state index contributed by atoms with van der Waals surface area (Å²) >= 11 is 0. The topological polar surface area (TPSA) is 170 Å². The van der Waals surface area contributed by atoms with Crippen LogP contribution >= 0.6 is 0 Å². The van der Waals surface area contributed by atoms with Gasteiger partial charge in [-0.15, -0.1) is 0 Å². The first-order chi connectivity index (χ1) is 24.7. The van der Waals surface area contributed by atoms with Crippen LogP contribution < -0.4 is 0 Å². The fraction of sp³-hybridized carbons (Fsp3) is 0. The molecule has 4 aromatic carbocycles. The molecule has 8 aromatic rings. The van der Waals surface area contributed by atoms with Crippen molar-refractivity contribution in [1.82, 2.24) is 19.9 Å². The summed E-state index contributed by atoms with van der Waals surface area (Å²) in [6, 6.07) is 29.4. The minimum absolute atomic E-state index is 0.0429.